The van der Waals surface area contributed by atoms with Crippen LogP contribution in [0.15, 0.2) is 0 Å². The van der Waals surface area contributed by atoms with E-state index >= 15 is 0 Å². The molecule has 1 saturated carbocycles. The first-order chi connectivity index (χ1) is 7.93. The first-order valence-corrected chi connectivity index (χ1v) is 6.00. The number of carbonyl (C=O) groups excluding carboxylic acids is 1. The van der Waals surface area contributed by atoms with E-state index in [1.165, 1.54) is 0 Å². The second-order valence-corrected chi connectivity index (χ2v) is 4.44. The third kappa shape index (κ3) is 4.93. The molecule has 1 rings (SSSR count). The Morgan fingerprint density at radius 1 is 1.35 bits per heavy atom. The van der Waals surface area contributed by atoms with Crippen LogP contribution in [-0.2, 0) is 4.79 Å². The molecule has 0 aromatic rings. The average molecular weight is 252 g/mol. The van der Waals surface area contributed by atoms with Crippen LogP contribution in [0.2, 0.25) is 0 Å². The van der Waals surface area contributed by atoms with Crippen LogP contribution in [-0.4, -0.2) is 31.2 Å². The van der Waals surface area contributed by atoms with E-state index in [1.807, 2.05) is 0 Å². The molecule has 1 amide bonds. The van der Waals surface area contributed by atoms with Crippen molar-refractivity contribution in [1.82, 2.24) is 10.6 Å². The minimum absolute atomic E-state index is 0.0862. The van der Waals surface area contributed by atoms with Gasteiger partial charge in [0.15, 0.2) is 0 Å². The van der Waals surface area contributed by atoms with Crippen molar-refractivity contribution in [3.63, 3.8) is 0 Å². The molecular formula is C11H19F3N2O. The van der Waals surface area contributed by atoms with Crippen molar-refractivity contribution in [2.75, 3.05) is 13.1 Å². The van der Waals surface area contributed by atoms with Gasteiger partial charge in [-0.2, -0.15) is 13.2 Å². The molecule has 2 unspecified atom stereocenters. The molecule has 1 fully saturated rings. The summed E-state index contributed by atoms with van der Waals surface area (Å²) in [5, 5.41) is 5.50. The highest BCUT2D eigenvalue weighted by atomic mass is 19.4. The van der Waals surface area contributed by atoms with E-state index in [0.29, 0.717) is 19.4 Å². The molecular weight excluding hydrogens is 233 g/mol. The van der Waals surface area contributed by atoms with E-state index in [2.05, 4.69) is 10.6 Å². The number of carbonyl (C=O) groups is 1. The lowest BCUT2D eigenvalue weighted by molar-refractivity contribution is -0.183. The zero-order chi connectivity index (χ0) is 12.9. The zero-order valence-corrected chi connectivity index (χ0v) is 9.94. The molecule has 2 N–H and O–H groups in total. The van der Waals surface area contributed by atoms with Crippen molar-refractivity contribution < 1.29 is 18.0 Å². The van der Waals surface area contributed by atoms with E-state index in [9.17, 15) is 18.0 Å². The molecule has 1 aliphatic carbocycles. The minimum atomic E-state index is -4.11. The Morgan fingerprint density at radius 2 is 2.06 bits per heavy atom. The van der Waals surface area contributed by atoms with Crippen molar-refractivity contribution in [1.29, 1.82) is 0 Å². The maximum Gasteiger partial charge on any atom is 0.391 e. The third-order valence-electron chi connectivity index (χ3n) is 3.06. The standard InChI is InChI=1S/C11H19F3N2O/c1-2-15-10(17)7-16-9-5-3-4-8(6-9)11(12,13)14/h8-9,16H,2-7H2,1H3,(H,15,17). The first-order valence-electron chi connectivity index (χ1n) is 6.00. The summed E-state index contributed by atoms with van der Waals surface area (Å²) < 4.78 is 37.6. The fraction of sp³-hybridized carbons (Fsp3) is 0.909. The van der Waals surface area contributed by atoms with Gasteiger partial charge in [0.05, 0.1) is 12.5 Å². The Morgan fingerprint density at radius 3 is 2.65 bits per heavy atom. The van der Waals surface area contributed by atoms with Gasteiger partial charge in [0, 0.05) is 12.6 Å². The van der Waals surface area contributed by atoms with Crippen LogP contribution in [0.25, 0.3) is 0 Å². The largest absolute Gasteiger partial charge is 0.391 e. The molecule has 0 aromatic carbocycles. The molecule has 0 spiro atoms. The lowest BCUT2D eigenvalue weighted by Crippen LogP contribution is -2.43. The Hall–Kier alpha value is -0.780. The summed E-state index contributed by atoms with van der Waals surface area (Å²) in [6.07, 6.45) is -2.53. The topological polar surface area (TPSA) is 41.1 Å². The van der Waals surface area contributed by atoms with Crippen molar-refractivity contribution in [2.45, 2.75) is 44.8 Å². The summed E-state index contributed by atoms with van der Waals surface area (Å²) in [5.74, 6) is -1.38. The van der Waals surface area contributed by atoms with E-state index in [0.717, 1.165) is 0 Å². The van der Waals surface area contributed by atoms with E-state index < -0.39 is 12.1 Å². The van der Waals surface area contributed by atoms with Gasteiger partial charge in [-0.3, -0.25) is 4.79 Å². The summed E-state index contributed by atoms with van der Waals surface area (Å²) in [7, 11) is 0. The number of amides is 1. The van der Waals surface area contributed by atoms with Crippen LogP contribution in [0.1, 0.15) is 32.6 Å². The lowest BCUT2D eigenvalue weighted by Gasteiger charge is -2.31. The van der Waals surface area contributed by atoms with Gasteiger partial charge in [-0.1, -0.05) is 6.42 Å². The molecule has 1 aliphatic rings. The summed E-state index contributed by atoms with van der Waals surface area (Å²) >= 11 is 0. The Balaban J connectivity index is 2.32. The molecule has 3 nitrogen and oxygen atoms in total. The number of nitrogens with one attached hydrogen (secondary N) is 2. The minimum Gasteiger partial charge on any atom is -0.355 e. The maximum absolute atomic E-state index is 12.5. The lowest BCUT2D eigenvalue weighted by atomic mass is 9.85. The molecule has 0 radical (unpaired) electrons. The number of hydrogen-bond acceptors (Lipinski definition) is 2. The number of hydrogen-bond donors (Lipinski definition) is 2. The second-order valence-electron chi connectivity index (χ2n) is 4.44. The van der Waals surface area contributed by atoms with Crippen molar-refractivity contribution in [3.05, 3.63) is 0 Å². The highest BCUT2D eigenvalue weighted by molar-refractivity contribution is 5.77. The smallest absolute Gasteiger partial charge is 0.355 e. The number of alkyl halides is 3. The van der Waals surface area contributed by atoms with E-state index in [1.54, 1.807) is 6.92 Å². The summed E-state index contributed by atoms with van der Waals surface area (Å²) in [5.41, 5.74) is 0. The quantitative estimate of drug-likeness (QED) is 0.801. The molecule has 0 bridgehead atoms. The second kappa shape index (κ2) is 6.23. The summed E-state index contributed by atoms with van der Waals surface area (Å²) in [4.78, 5) is 11.2. The Bertz CT molecular complexity index is 256. The van der Waals surface area contributed by atoms with Gasteiger partial charge in [0.25, 0.3) is 0 Å². The summed E-state index contributed by atoms with van der Waals surface area (Å²) in [6, 6.07) is -0.196. The van der Waals surface area contributed by atoms with Gasteiger partial charge < -0.3 is 10.6 Å². The van der Waals surface area contributed by atoms with Crippen molar-refractivity contribution >= 4 is 5.91 Å². The molecule has 6 heteroatoms. The van der Waals surface area contributed by atoms with E-state index in [4.69, 9.17) is 0 Å². The normalized spacial score (nSPS) is 25.6. The SMILES string of the molecule is CCNC(=O)CNC1CCCC(C(F)(F)F)C1. The van der Waals surface area contributed by atoms with Gasteiger partial charge >= 0.3 is 6.18 Å². The van der Waals surface area contributed by atoms with Crippen LogP contribution in [0, 0.1) is 5.92 Å². The summed E-state index contributed by atoms with van der Waals surface area (Å²) in [6.45, 7) is 2.44. The fourth-order valence-electron chi connectivity index (χ4n) is 2.17. The van der Waals surface area contributed by atoms with Gasteiger partial charge in [0.2, 0.25) is 5.91 Å². The molecule has 0 heterocycles. The molecule has 0 saturated heterocycles. The maximum atomic E-state index is 12.5. The highest BCUT2D eigenvalue weighted by Gasteiger charge is 2.42. The molecule has 0 aliphatic heterocycles. The average Bonchev–Trinajstić information content (AvgIpc) is 2.26. The highest BCUT2D eigenvalue weighted by Crippen LogP contribution is 2.37. The Kier molecular flexibility index (Phi) is 5.24. The molecule has 2 atom stereocenters. The Labute approximate surface area is 99.1 Å². The predicted molar refractivity (Wildman–Crippen MR) is 58.5 cm³/mol. The van der Waals surface area contributed by atoms with Crippen LogP contribution in [0.3, 0.4) is 0 Å². The third-order valence-corrected chi connectivity index (χ3v) is 3.06. The van der Waals surface area contributed by atoms with Crippen LogP contribution in [0.4, 0.5) is 13.2 Å². The van der Waals surface area contributed by atoms with Gasteiger partial charge in [-0.15, -0.1) is 0 Å². The van der Waals surface area contributed by atoms with Crippen molar-refractivity contribution in [2.24, 2.45) is 5.92 Å². The van der Waals surface area contributed by atoms with Crippen LogP contribution >= 0.6 is 0 Å². The van der Waals surface area contributed by atoms with Crippen LogP contribution < -0.4 is 10.6 Å². The molecule has 100 valence electrons. The van der Waals surface area contributed by atoms with Crippen molar-refractivity contribution in [3.8, 4) is 0 Å². The number of likely N-dealkylation sites (N-methyl/N-ethyl adjacent to an activating group) is 1. The van der Waals surface area contributed by atoms with E-state index in [-0.39, 0.29) is 31.3 Å². The van der Waals surface area contributed by atoms with Gasteiger partial charge in [-0.05, 0) is 26.2 Å². The first kappa shape index (κ1) is 14.3. The van der Waals surface area contributed by atoms with Gasteiger partial charge in [0.1, 0.15) is 0 Å². The number of rotatable bonds is 4. The van der Waals surface area contributed by atoms with Crippen LogP contribution in [0.5, 0.6) is 0 Å². The zero-order valence-electron chi connectivity index (χ0n) is 9.94. The monoisotopic (exact) mass is 252 g/mol. The molecule has 17 heavy (non-hydrogen) atoms. The number of halogens is 3. The molecule has 0 aromatic heterocycles. The fourth-order valence-corrected chi connectivity index (χ4v) is 2.17. The van der Waals surface area contributed by atoms with Gasteiger partial charge in [-0.25, -0.2) is 0 Å². The predicted octanol–water partition coefficient (Wildman–Crippen LogP) is 1.83.